The first-order valence-electron chi connectivity index (χ1n) is 7.48. The van der Waals surface area contributed by atoms with Gasteiger partial charge in [-0.15, -0.1) is 0 Å². The van der Waals surface area contributed by atoms with Gasteiger partial charge in [0.1, 0.15) is 24.4 Å². The molecule has 152 valence electrons. The Kier molecular flexibility index (Phi) is 8.30. The van der Waals surface area contributed by atoms with Gasteiger partial charge in [-0.25, -0.2) is 4.18 Å². The number of phenols is 2. The minimum absolute atomic E-state index is 0.347. The lowest BCUT2D eigenvalue weighted by Crippen LogP contribution is -2.50. The van der Waals surface area contributed by atoms with Crippen LogP contribution in [0.1, 0.15) is 12.0 Å². The van der Waals surface area contributed by atoms with Gasteiger partial charge < -0.3 is 30.6 Å². The smallest absolute Gasteiger partial charge is 0.397 e. The molecule has 12 heteroatoms. The normalized spacial score (nSPS) is 16.8. The standard InChI is InChI=1S/C15H20O11S/c16-7-12(20)14(22)15(26-27(23,24)25)13(21)10(18)3-1-2-8-4-5-9(17)11(19)6-8/h1-2,4-6,12-17,19-22H,3,7H2,(H,23,24,25)/b2-1+/t12-,13+,14-,15-/m1/s1. The lowest BCUT2D eigenvalue weighted by atomic mass is 9.98. The van der Waals surface area contributed by atoms with Crippen LogP contribution in [0.2, 0.25) is 0 Å². The molecule has 0 radical (unpaired) electrons. The topological polar surface area (TPSA) is 202 Å². The number of phenolic OH excluding ortho intramolecular Hbond substituents is 2. The van der Waals surface area contributed by atoms with Crippen molar-refractivity contribution in [3.8, 4) is 11.5 Å². The Balaban J connectivity index is 2.87. The summed E-state index contributed by atoms with van der Waals surface area (Å²) in [5, 5.41) is 56.3. The minimum Gasteiger partial charge on any atom is -0.504 e. The largest absolute Gasteiger partial charge is 0.504 e. The van der Waals surface area contributed by atoms with Gasteiger partial charge in [0.25, 0.3) is 0 Å². The number of aliphatic hydroxyl groups excluding tert-OH is 4. The molecule has 4 atom stereocenters. The molecule has 0 aromatic heterocycles. The van der Waals surface area contributed by atoms with Crippen molar-refractivity contribution < 1.29 is 52.6 Å². The SMILES string of the molecule is O=C(C/C=C/c1ccc(O)c(O)c1)[C@H](O)[C@@H](OS(=O)(=O)O)[C@H](O)[C@H](O)CO. The third-order valence-corrected chi connectivity index (χ3v) is 3.89. The highest BCUT2D eigenvalue weighted by atomic mass is 32.3. The fraction of sp³-hybridized carbons (Fsp3) is 0.400. The number of carbonyl (C=O) groups is 1. The zero-order chi connectivity index (χ0) is 20.8. The number of benzene rings is 1. The number of aliphatic hydroxyl groups is 4. The second-order valence-electron chi connectivity index (χ2n) is 5.49. The van der Waals surface area contributed by atoms with Gasteiger partial charge in [0.15, 0.2) is 17.3 Å². The Bertz CT molecular complexity index is 774. The van der Waals surface area contributed by atoms with Crippen molar-refractivity contribution >= 4 is 22.3 Å². The molecule has 0 spiro atoms. The van der Waals surface area contributed by atoms with E-state index in [1.54, 1.807) is 0 Å². The van der Waals surface area contributed by atoms with E-state index >= 15 is 0 Å². The number of carbonyl (C=O) groups excluding carboxylic acids is 1. The van der Waals surface area contributed by atoms with E-state index in [0.717, 1.165) is 0 Å². The average molecular weight is 408 g/mol. The highest BCUT2D eigenvalue weighted by Gasteiger charge is 2.39. The first-order valence-corrected chi connectivity index (χ1v) is 8.84. The van der Waals surface area contributed by atoms with Gasteiger partial charge in [-0.05, 0) is 17.7 Å². The Labute approximate surface area is 154 Å². The van der Waals surface area contributed by atoms with Gasteiger partial charge in [-0.1, -0.05) is 18.2 Å². The summed E-state index contributed by atoms with van der Waals surface area (Å²) < 4.78 is 34.4. The van der Waals surface area contributed by atoms with Crippen molar-refractivity contribution in [1.82, 2.24) is 0 Å². The fourth-order valence-corrected chi connectivity index (χ4v) is 2.52. The summed E-state index contributed by atoms with van der Waals surface area (Å²) in [5.41, 5.74) is 0.397. The molecule has 27 heavy (non-hydrogen) atoms. The van der Waals surface area contributed by atoms with E-state index < -0.39 is 59.4 Å². The molecule has 0 aliphatic heterocycles. The number of hydrogen-bond donors (Lipinski definition) is 7. The number of ketones is 1. The number of hydrogen-bond acceptors (Lipinski definition) is 10. The van der Waals surface area contributed by atoms with Gasteiger partial charge in [0, 0.05) is 6.42 Å². The summed E-state index contributed by atoms with van der Waals surface area (Å²) in [4.78, 5) is 12.0. The molecule has 0 heterocycles. The van der Waals surface area contributed by atoms with E-state index in [1.807, 2.05) is 0 Å². The zero-order valence-electron chi connectivity index (χ0n) is 13.8. The molecule has 0 fully saturated rings. The highest BCUT2D eigenvalue weighted by Crippen LogP contribution is 2.25. The van der Waals surface area contributed by atoms with Crippen LogP contribution in [0.5, 0.6) is 11.5 Å². The van der Waals surface area contributed by atoms with Gasteiger partial charge in [-0.3, -0.25) is 9.35 Å². The van der Waals surface area contributed by atoms with E-state index in [0.29, 0.717) is 5.56 Å². The van der Waals surface area contributed by atoms with Crippen LogP contribution in [0.3, 0.4) is 0 Å². The Morgan fingerprint density at radius 1 is 1.15 bits per heavy atom. The number of aromatic hydroxyl groups is 2. The second-order valence-corrected chi connectivity index (χ2v) is 6.54. The molecule has 0 amide bonds. The maximum Gasteiger partial charge on any atom is 0.397 e. The monoisotopic (exact) mass is 408 g/mol. The van der Waals surface area contributed by atoms with E-state index in [9.17, 15) is 38.7 Å². The Hall–Kier alpha value is -2.06. The first-order chi connectivity index (χ1) is 12.5. The van der Waals surface area contributed by atoms with Gasteiger partial charge in [0.05, 0.1) is 6.61 Å². The van der Waals surface area contributed by atoms with E-state index in [2.05, 4.69) is 4.18 Å². The van der Waals surface area contributed by atoms with Crippen LogP contribution < -0.4 is 0 Å². The first kappa shape index (κ1) is 23.0. The fourth-order valence-electron chi connectivity index (χ4n) is 2.02. The van der Waals surface area contributed by atoms with E-state index in [-0.39, 0.29) is 5.75 Å². The maximum absolute atomic E-state index is 12.0. The molecule has 11 nitrogen and oxygen atoms in total. The number of allylic oxidation sites excluding steroid dienone is 1. The summed E-state index contributed by atoms with van der Waals surface area (Å²) in [5.74, 6) is -1.78. The van der Waals surface area contributed by atoms with E-state index in [4.69, 9.17) is 9.66 Å². The van der Waals surface area contributed by atoms with Crippen LogP contribution in [0, 0.1) is 0 Å². The quantitative estimate of drug-likeness (QED) is 0.172. The lowest BCUT2D eigenvalue weighted by molar-refractivity contribution is -0.142. The van der Waals surface area contributed by atoms with Crippen LogP contribution in [-0.2, 0) is 19.4 Å². The average Bonchev–Trinajstić information content (AvgIpc) is 2.59. The number of rotatable bonds is 10. The third kappa shape index (κ3) is 7.22. The third-order valence-electron chi connectivity index (χ3n) is 3.42. The van der Waals surface area contributed by atoms with Crippen molar-refractivity contribution in [2.24, 2.45) is 0 Å². The van der Waals surface area contributed by atoms with Gasteiger partial charge in [-0.2, -0.15) is 8.42 Å². The molecular weight excluding hydrogens is 388 g/mol. The van der Waals surface area contributed by atoms with Crippen molar-refractivity contribution in [2.45, 2.75) is 30.8 Å². The molecule has 7 N–H and O–H groups in total. The van der Waals surface area contributed by atoms with Crippen LogP contribution >= 0.6 is 0 Å². The summed E-state index contributed by atoms with van der Waals surface area (Å²) in [6.45, 7) is -1.03. The second kappa shape index (κ2) is 9.75. The van der Waals surface area contributed by atoms with Crippen molar-refractivity contribution in [2.75, 3.05) is 6.61 Å². The lowest BCUT2D eigenvalue weighted by Gasteiger charge is -2.27. The highest BCUT2D eigenvalue weighted by molar-refractivity contribution is 7.80. The Morgan fingerprint density at radius 3 is 2.30 bits per heavy atom. The molecule has 1 aromatic carbocycles. The summed E-state index contributed by atoms with van der Waals surface area (Å²) in [7, 11) is -5.20. The van der Waals surface area contributed by atoms with Crippen LogP contribution in [0.15, 0.2) is 24.3 Å². The van der Waals surface area contributed by atoms with Crippen molar-refractivity contribution in [3.05, 3.63) is 29.8 Å². The Morgan fingerprint density at radius 2 is 1.78 bits per heavy atom. The molecule has 0 unspecified atom stereocenters. The molecule has 0 aliphatic carbocycles. The van der Waals surface area contributed by atoms with Crippen molar-refractivity contribution in [1.29, 1.82) is 0 Å². The molecule has 0 saturated carbocycles. The van der Waals surface area contributed by atoms with Gasteiger partial charge >= 0.3 is 10.4 Å². The van der Waals surface area contributed by atoms with Crippen LogP contribution in [-0.4, -0.2) is 80.4 Å². The van der Waals surface area contributed by atoms with Crippen LogP contribution in [0.25, 0.3) is 6.08 Å². The zero-order valence-corrected chi connectivity index (χ0v) is 14.6. The summed E-state index contributed by atoms with van der Waals surface area (Å²) in [6.07, 6.45) is -6.57. The van der Waals surface area contributed by atoms with Crippen molar-refractivity contribution in [3.63, 3.8) is 0 Å². The summed E-state index contributed by atoms with van der Waals surface area (Å²) >= 11 is 0. The maximum atomic E-state index is 12.0. The number of Topliss-reactive ketones (excluding diaryl/α,β-unsaturated/α-hetero) is 1. The molecular formula is C15H20O11S. The molecule has 0 saturated heterocycles. The van der Waals surface area contributed by atoms with Crippen LogP contribution in [0.4, 0.5) is 0 Å². The molecule has 1 aromatic rings. The summed E-state index contributed by atoms with van der Waals surface area (Å²) in [6, 6.07) is 3.81. The predicted molar refractivity (Wildman–Crippen MR) is 90.0 cm³/mol. The molecule has 1 rings (SSSR count). The molecule has 0 aliphatic rings. The minimum atomic E-state index is -5.20. The predicted octanol–water partition coefficient (Wildman–Crippen LogP) is -1.67. The van der Waals surface area contributed by atoms with E-state index in [1.165, 1.54) is 30.4 Å². The van der Waals surface area contributed by atoms with Gasteiger partial charge in [0.2, 0.25) is 0 Å². The molecule has 0 bridgehead atoms.